The second kappa shape index (κ2) is 16.0. The van der Waals surface area contributed by atoms with Crippen LogP contribution in [0.2, 0.25) is 0 Å². The van der Waals surface area contributed by atoms with Crippen LogP contribution in [-0.2, 0) is 10.8 Å². The summed E-state index contributed by atoms with van der Waals surface area (Å²) in [6.07, 6.45) is 4.28. The maximum absolute atomic E-state index is 7.05. The maximum Gasteiger partial charge on any atom is 0.137 e. The Balaban J connectivity index is 1.15. The minimum atomic E-state index is -0.151. The molecule has 2 aromatic heterocycles. The lowest BCUT2D eigenvalue weighted by atomic mass is 9.78. The minimum Gasteiger partial charge on any atom is -0.457 e. The van der Waals surface area contributed by atoms with Crippen LogP contribution >= 0.6 is 0 Å². The van der Waals surface area contributed by atoms with Crippen LogP contribution in [0.5, 0.6) is 11.5 Å². The van der Waals surface area contributed by atoms with Gasteiger partial charge >= 0.3 is 0 Å². The molecule has 0 N–H and O–H groups in total. The number of rotatable bonds is 9. The van der Waals surface area contributed by atoms with Crippen molar-refractivity contribution >= 4 is 33.2 Å². The van der Waals surface area contributed by atoms with Gasteiger partial charge in [-0.2, -0.15) is 0 Å². The van der Waals surface area contributed by atoms with Crippen LogP contribution in [-0.4, -0.2) is 16.2 Å². The summed E-state index contributed by atoms with van der Waals surface area (Å²) in [4.78, 5) is 9.79. The van der Waals surface area contributed by atoms with Gasteiger partial charge in [-0.3, -0.25) is 4.57 Å². The summed E-state index contributed by atoms with van der Waals surface area (Å²) in [7, 11) is 0. The lowest BCUT2D eigenvalue weighted by molar-refractivity contribution is 0.481. The normalized spacial score (nSPS) is 13.7. The summed E-state index contributed by atoms with van der Waals surface area (Å²) < 4.78 is 9.33. The molecule has 0 amide bonds. The summed E-state index contributed by atoms with van der Waals surface area (Å²) in [5.74, 6) is 2.80. The summed E-state index contributed by atoms with van der Waals surface area (Å²) in [6, 6.07) is 54.9. The van der Waals surface area contributed by atoms with Gasteiger partial charge in [0.2, 0.25) is 0 Å². The fourth-order valence-corrected chi connectivity index (χ4v) is 9.18. The number of fused-ring (bicyclic) bond motifs is 3. The zero-order valence-electron chi connectivity index (χ0n) is 38.6. The first-order chi connectivity index (χ1) is 30.1. The van der Waals surface area contributed by atoms with Crippen molar-refractivity contribution in [3.63, 3.8) is 0 Å². The maximum atomic E-state index is 7.05. The zero-order valence-corrected chi connectivity index (χ0v) is 38.6. The van der Waals surface area contributed by atoms with Gasteiger partial charge < -0.3 is 14.5 Å². The van der Waals surface area contributed by atoms with E-state index in [1.807, 2.05) is 6.20 Å². The highest BCUT2D eigenvalue weighted by atomic mass is 16.5. The van der Waals surface area contributed by atoms with Crippen molar-refractivity contribution in [3.8, 4) is 28.4 Å². The van der Waals surface area contributed by atoms with Crippen molar-refractivity contribution in [2.75, 3.05) is 16.5 Å². The molecule has 0 saturated carbocycles. The van der Waals surface area contributed by atoms with Crippen LogP contribution in [0.3, 0.4) is 0 Å². The van der Waals surface area contributed by atoms with E-state index in [0.717, 1.165) is 45.0 Å². The highest BCUT2D eigenvalue weighted by Gasteiger charge is 2.33. The number of pyridine rings is 1. The number of anilines is 2. The lowest BCUT2D eigenvalue weighted by Crippen LogP contribution is -2.30. The molecular formula is C58H60N4O. The van der Waals surface area contributed by atoms with Gasteiger partial charge in [0.25, 0.3) is 0 Å². The van der Waals surface area contributed by atoms with Crippen LogP contribution < -0.4 is 14.5 Å². The Labute approximate surface area is 374 Å². The molecule has 9 rings (SSSR count). The van der Waals surface area contributed by atoms with Crippen molar-refractivity contribution in [3.05, 3.63) is 192 Å². The van der Waals surface area contributed by atoms with Crippen molar-refractivity contribution in [2.24, 2.45) is 5.41 Å². The number of hydrogen-bond acceptors (Lipinski definition) is 4. The molecule has 0 atom stereocenters. The second-order valence-electron chi connectivity index (χ2n) is 20.1. The number of nitrogens with zero attached hydrogens (tertiary/aromatic N) is 4. The van der Waals surface area contributed by atoms with E-state index in [4.69, 9.17) is 9.72 Å². The molecule has 63 heavy (non-hydrogen) atoms. The smallest absolute Gasteiger partial charge is 0.137 e. The predicted molar refractivity (Wildman–Crippen MR) is 266 cm³/mol. The van der Waals surface area contributed by atoms with Crippen LogP contribution in [0.4, 0.5) is 11.4 Å². The molecule has 6 aromatic carbocycles. The molecule has 0 aliphatic carbocycles. The van der Waals surface area contributed by atoms with Gasteiger partial charge in [-0.15, -0.1) is 0 Å². The number of aromatic nitrogens is 2. The molecule has 318 valence electrons. The second-order valence-corrected chi connectivity index (χ2v) is 20.1. The van der Waals surface area contributed by atoms with Gasteiger partial charge in [-0.25, -0.2) is 4.98 Å². The number of benzene rings is 6. The average Bonchev–Trinajstić information content (AvgIpc) is 3.87. The molecule has 5 heteroatoms. The molecule has 0 saturated heterocycles. The molecule has 0 bridgehead atoms. The van der Waals surface area contributed by atoms with E-state index in [-0.39, 0.29) is 16.2 Å². The molecular weight excluding hydrogens is 769 g/mol. The predicted octanol–water partition coefficient (Wildman–Crippen LogP) is 15.6. The van der Waals surface area contributed by atoms with E-state index < -0.39 is 0 Å². The Kier molecular flexibility index (Phi) is 10.6. The molecule has 3 heterocycles. The summed E-state index contributed by atoms with van der Waals surface area (Å²) >= 11 is 0. The van der Waals surface area contributed by atoms with E-state index >= 15 is 0 Å². The molecule has 0 fully saturated rings. The van der Waals surface area contributed by atoms with E-state index in [1.165, 1.54) is 44.6 Å². The van der Waals surface area contributed by atoms with Crippen molar-refractivity contribution in [1.29, 1.82) is 0 Å². The summed E-state index contributed by atoms with van der Waals surface area (Å²) in [6.45, 7) is 23.5. The molecule has 1 aliphatic rings. The van der Waals surface area contributed by atoms with Gasteiger partial charge in [-0.1, -0.05) is 154 Å². The first-order valence-corrected chi connectivity index (χ1v) is 22.4. The Hall–Kier alpha value is -6.59. The van der Waals surface area contributed by atoms with E-state index in [9.17, 15) is 0 Å². The number of hydrogen-bond donors (Lipinski definition) is 0. The van der Waals surface area contributed by atoms with Crippen LogP contribution in [0.25, 0.3) is 38.8 Å². The molecule has 5 nitrogen and oxygen atoms in total. The highest BCUT2D eigenvalue weighted by molar-refractivity contribution is 6.09. The van der Waals surface area contributed by atoms with Gasteiger partial charge in [0.15, 0.2) is 0 Å². The fraction of sp³-hybridized carbons (Fsp3) is 0.259. The highest BCUT2D eigenvalue weighted by Crippen LogP contribution is 2.44. The molecule has 0 spiro atoms. The Bertz CT molecular complexity index is 2990. The van der Waals surface area contributed by atoms with Crippen molar-refractivity contribution < 1.29 is 4.74 Å². The van der Waals surface area contributed by atoms with Crippen LogP contribution in [0, 0.1) is 5.41 Å². The van der Waals surface area contributed by atoms with Gasteiger partial charge in [0.1, 0.15) is 17.3 Å². The standard InChI is InChI=1S/C58H60N4O/c1-39(2)48-23-14-15-24-49(48)40-31-45(61-38-60(37-54(61)57(6,7)8)44-22-18-21-43(33-44)58(9,10)41-19-12-11-13-20-41)35-47(32-40)63-46-27-28-51-50-25-16-17-26-52(50)62(53(51)36-46)55-34-42(29-30-59-55)56(3,4)5/h11-37,39H,38H2,1-10H3. The third kappa shape index (κ3) is 8.02. The van der Waals surface area contributed by atoms with Crippen molar-refractivity contribution in [2.45, 2.75) is 86.0 Å². The largest absolute Gasteiger partial charge is 0.457 e. The van der Waals surface area contributed by atoms with E-state index in [0.29, 0.717) is 12.6 Å². The zero-order chi connectivity index (χ0) is 44.3. The van der Waals surface area contributed by atoms with E-state index in [1.54, 1.807) is 0 Å². The number of ether oxygens (including phenoxy) is 1. The van der Waals surface area contributed by atoms with Crippen LogP contribution in [0.15, 0.2) is 170 Å². The van der Waals surface area contributed by atoms with Gasteiger partial charge in [-0.05, 0) is 99.3 Å². The fourth-order valence-electron chi connectivity index (χ4n) is 9.18. The Morgan fingerprint density at radius 2 is 1.27 bits per heavy atom. The summed E-state index contributed by atoms with van der Waals surface area (Å²) in [5.41, 5.74) is 12.8. The Morgan fingerprint density at radius 3 is 2.03 bits per heavy atom. The average molecular weight is 829 g/mol. The first kappa shape index (κ1) is 41.7. The third-order valence-corrected chi connectivity index (χ3v) is 12.8. The summed E-state index contributed by atoms with van der Waals surface area (Å²) in [5, 5.41) is 2.35. The first-order valence-electron chi connectivity index (χ1n) is 22.4. The third-order valence-electron chi connectivity index (χ3n) is 12.8. The number of para-hydroxylation sites is 1. The van der Waals surface area contributed by atoms with Gasteiger partial charge in [0, 0.05) is 63.2 Å². The molecule has 8 aromatic rings. The topological polar surface area (TPSA) is 33.5 Å². The quantitative estimate of drug-likeness (QED) is 0.145. The molecule has 0 radical (unpaired) electrons. The monoisotopic (exact) mass is 828 g/mol. The van der Waals surface area contributed by atoms with Crippen molar-refractivity contribution in [1.82, 2.24) is 9.55 Å². The minimum absolute atomic E-state index is 0.0145. The SMILES string of the molecule is CC(C)c1ccccc1-c1cc(Oc2ccc3c4ccccc4n(-c4cc(C(C)(C)C)ccn4)c3c2)cc(N2CN(c3cccc(C(C)(C)c4ccccc4)c3)C=C2C(C)(C)C)c1. The van der Waals surface area contributed by atoms with Crippen LogP contribution in [0.1, 0.15) is 97.4 Å². The Morgan fingerprint density at radius 1 is 0.556 bits per heavy atom. The number of allylic oxidation sites excluding steroid dienone is 1. The van der Waals surface area contributed by atoms with Gasteiger partial charge in [0.05, 0.1) is 17.7 Å². The lowest BCUT2D eigenvalue weighted by Gasteiger charge is -2.32. The molecule has 0 unspecified atom stereocenters. The molecule has 1 aliphatic heterocycles. The van der Waals surface area contributed by atoms with E-state index in [2.05, 4.69) is 241 Å².